The summed E-state index contributed by atoms with van der Waals surface area (Å²) in [4.78, 5) is 17.4. The first-order valence-corrected chi connectivity index (χ1v) is 8.75. The number of benzene rings is 2. The summed E-state index contributed by atoms with van der Waals surface area (Å²) in [6, 6.07) is 17.5. The lowest BCUT2D eigenvalue weighted by atomic mass is 9.95. The molecule has 1 aliphatic heterocycles. The van der Waals surface area contributed by atoms with Gasteiger partial charge in [-0.05, 0) is 23.6 Å². The Morgan fingerprint density at radius 2 is 1.96 bits per heavy atom. The average Bonchev–Trinajstić information content (AvgIpc) is 3.12. The predicted octanol–water partition coefficient (Wildman–Crippen LogP) is 2.88. The van der Waals surface area contributed by atoms with Gasteiger partial charge in [0, 0.05) is 19.4 Å². The van der Waals surface area contributed by atoms with Crippen LogP contribution in [0, 0.1) is 5.92 Å². The second kappa shape index (κ2) is 7.04. The van der Waals surface area contributed by atoms with Gasteiger partial charge >= 0.3 is 0 Å². The lowest BCUT2D eigenvalue weighted by molar-refractivity contribution is -0.126. The number of amides is 1. The number of hydrogen-bond donors (Lipinski definition) is 1. The second-order valence-corrected chi connectivity index (χ2v) is 6.57. The summed E-state index contributed by atoms with van der Waals surface area (Å²) in [6.45, 7) is 0.394. The lowest BCUT2D eigenvalue weighted by Gasteiger charge is -2.27. The second-order valence-electron chi connectivity index (χ2n) is 6.57. The maximum atomic E-state index is 13.0. The van der Waals surface area contributed by atoms with Crippen LogP contribution in [0.4, 0.5) is 0 Å². The molecule has 132 valence electrons. The van der Waals surface area contributed by atoms with Crippen LogP contribution in [0.2, 0.25) is 0 Å². The lowest BCUT2D eigenvalue weighted by Crippen LogP contribution is -2.40. The first-order valence-electron chi connectivity index (χ1n) is 8.75. The average molecular weight is 347 g/mol. The quantitative estimate of drug-likeness (QED) is 0.789. The number of nitrogens with one attached hydrogen (secondary N) is 1. The number of aryl methyl sites for hydroxylation is 1. The Balaban J connectivity index is 1.57. The highest BCUT2D eigenvalue weighted by atomic mass is 16.5. The number of rotatable bonds is 4. The maximum absolute atomic E-state index is 13.0. The Morgan fingerprint density at radius 3 is 2.73 bits per heavy atom. The fraction of sp³-hybridized carbons (Fsp3) is 0.238. The zero-order chi connectivity index (χ0) is 17.9. The van der Waals surface area contributed by atoms with Crippen molar-refractivity contribution in [3.63, 3.8) is 0 Å². The first kappa shape index (κ1) is 16.4. The number of para-hydroxylation sites is 1. The van der Waals surface area contributed by atoms with Crippen LogP contribution in [0.25, 0.3) is 0 Å². The van der Waals surface area contributed by atoms with E-state index in [1.54, 1.807) is 6.20 Å². The number of carbonyl (C=O) groups is 1. The Hall–Kier alpha value is -3.08. The number of imidazole rings is 1. The van der Waals surface area contributed by atoms with E-state index in [1.807, 2.05) is 72.4 Å². The summed E-state index contributed by atoms with van der Waals surface area (Å²) < 4.78 is 7.71. The normalized spacial score (nSPS) is 17.0. The van der Waals surface area contributed by atoms with Gasteiger partial charge in [0.15, 0.2) is 0 Å². The van der Waals surface area contributed by atoms with E-state index in [-0.39, 0.29) is 17.9 Å². The molecule has 1 aliphatic rings. The highest BCUT2D eigenvalue weighted by Crippen LogP contribution is 2.28. The molecule has 0 bridgehead atoms. The molecule has 2 heterocycles. The van der Waals surface area contributed by atoms with Gasteiger partial charge < -0.3 is 14.6 Å². The Bertz CT molecular complexity index is 904. The number of ether oxygens (including phenoxy) is 1. The highest BCUT2D eigenvalue weighted by molar-refractivity contribution is 5.80. The van der Waals surface area contributed by atoms with Gasteiger partial charge in [-0.1, -0.05) is 48.5 Å². The minimum absolute atomic E-state index is 0.0173. The van der Waals surface area contributed by atoms with Crippen LogP contribution in [0.3, 0.4) is 0 Å². The van der Waals surface area contributed by atoms with Crippen molar-refractivity contribution >= 4 is 5.91 Å². The molecule has 26 heavy (non-hydrogen) atoms. The van der Waals surface area contributed by atoms with E-state index in [0.717, 1.165) is 22.7 Å². The third-order valence-electron chi connectivity index (χ3n) is 4.79. The van der Waals surface area contributed by atoms with Crippen molar-refractivity contribution < 1.29 is 9.53 Å². The van der Waals surface area contributed by atoms with Crippen LogP contribution in [0.15, 0.2) is 67.0 Å². The Morgan fingerprint density at radius 1 is 1.19 bits per heavy atom. The molecule has 1 aromatic heterocycles. The number of carbonyl (C=O) groups excluding carboxylic acids is 1. The van der Waals surface area contributed by atoms with Gasteiger partial charge in [0.05, 0.1) is 5.92 Å². The van der Waals surface area contributed by atoms with Crippen LogP contribution in [0.1, 0.15) is 23.0 Å². The standard InChI is InChI=1S/C21H21N3O2/c1-24-12-11-22-20(24)19(15-7-3-2-4-8-15)23-21(25)17-13-16-9-5-6-10-18(16)26-14-17/h2-12,17,19H,13-14H2,1H3,(H,23,25)/t17-,19-/m0/s1. The van der Waals surface area contributed by atoms with Crippen molar-refractivity contribution in [2.45, 2.75) is 12.5 Å². The molecule has 4 rings (SSSR count). The van der Waals surface area contributed by atoms with Crippen molar-refractivity contribution in [3.05, 3.63) is 83.9 Å². The summed E-state index contributed by atoms with van der Waals surface area (Å²) in [6.07, 6.45) is 4.32. The molecular weight excluding hydrogens is 326 g/mol. The van der Waals surface area contributed by atoms with Crippen LogP contribution in [-0.4, -0.2) is 22.1 Å². The van der Waals surface area contributed by atoms with Gasteiger partial charge in [-0.15, -0.1) is 0 Å². The monoisotopic (exact) mass is 347 g/mol. The van der Waals surface area contributed by atoms with Crippen molar-refractivity contribution in [2.75, 3.05) is 6.61 Å². The maximum Gasteiger partial charge on any atom is 0.227 e. The van der Waals surface area contributed by atoms with Crippen molar-refractivity contribution in [2.24, 2.45) is 13.0 Å². The predicted molar refractivity (Wildman–Crippen MR) is 98.8 cm³/mol. The molecular formula is C21H21N3O2. The molecule has 1 N–H and O–H groups in total. The zero-order valence-corrected chi connectivity index (χ0v) is 14.6. The third kappa shape index (κ3) is 3.20. The number of hydrogen-bond acceptors (Lipinski definition) is 3. The minimum atomic E-state index is -0.291. The smallest absolute Gasteiger partial charge is 0.227 e. The van der Waals surface area contributed by atoms with Crippen molar-refractivity contribution in [1.82, 2.24) is 14.9 Å². The largest absolute Gasteiger partial charge is 0.492 e. The molecule has 0 radical (unpaired) electrons. The van der Waals surface area contributed by atoms with Crippen LogP contribution in [0.5, 0.6) is 5.75 Å². The van der Waals surface area contributed by atoms with Crippen LogP contribution in [-0.2, 0) is 18.3 Å². The van der Waals surface area contributed by atoms with Gasteiger partial charge in [0.2, 0.25) is 5.91 Å². The van der Waals surface area contributed by atoms with E-state index in [2.05, 4.69) is 10.3 Å². The summed E-state index contributed by atoms with van der Waals surface area (Å²) in [7, 11) is 1.93. The van der Waals surface area contributed by atoms with Gasteiger partial charge in [-0.2, -0.15) is 0 Å². The minimum Gasteiger partial charge on any atom is -0.492 e. The molecule has 0 spiro atoms. The SMILES string of the molecule is Cn1ccnc1[C@@H](NC(=O)[C@@H]1COc2ccccc2C1)c1ccccc1. The van der Waals surface area contributed by atoms with E-state index >= 15 is 0 Å². The van der Waals surface area contributed by atoms with E-state index in [4.69, 9.17) is 4.74 Å². The van der Waals surface area contributed by atoms with E-state index < -0.39 is 0 Å². The highest BCUT2D eigenvalue weighted by Gasteiger charge is 2.29. The summed E-state index contributed by atoms with van der Waals surface area (Å²) in [5.41, 5.74) is 2.08. The molecule has 5 nitrogen and oxygen atoms in total. The Kier molecular flexibility index (Phi) is 4.44. The fourth-order valence-corrected chi connectivity index (χ4v) is 3.35. The zero-order valence-electron chi connectivity index (χ0n) is 14.6. The molecule has 0 aliphatic carbocycles. The number of nitrogens with zero attached hydrogens (tertiary/aromatic N) is 2. The van der Waals surface area contributed by atoms with Crippen LogP contribution < -0.4 is 10.1 Å². The van der Waals surface area contributed by atoms with Gasteiger partial charge in [-0.3, -0.25) is 4.79 Å². The molecule has 0 saturated heterocycles. The number of aromatic nitrogens is 2. The van der Waals surface area contributed by atoms with Crippen LogP contribution >= 0.6 is 0 Å². The third-order valence-corrected chi connectivity index (χ3v) is 4.79. The molecule has 5 heteroatoms. The van der Waals surface area contributed by atoms with Gasteiger partial charge in [0.25, 0.3) is 0 Å². The Labute approximate surface area is 152 Å². The van der Waals surface area contributed by atoms with Crippen molar-refractivity contribution in [3.8, 4) is 5.75 Å². The first-order chi connectivity index (χ1) is 12.7. The van der Waals surface area contributed by atoms with E-state index in [1.165, 1.54) is 0 Å². The molecule has 0 fully saturated rings. The fourth-order valence-electron chi connectivity index (χ4n) is 3.35. The van der Waals surface area contributed by atoms with E-state index in [9.17, 15) is 4.79 Å². The molecule has 2 atom stereocenters. The molecule has 0 saturated carbocycles. The summed E-state index contributed by atoms with van der Waals surface area (Å²) in [5.74, 6) is 1.45. The summed E-state index contributed by atoms with van der Waals surface area (Å²) >= 11 is 0. The summed E-state index contributed by atoms with van der Waals surface area (Å²) in [5, 5.41) is 3.17. The molecule has 2 aromatic carbocycles. The van der Waals surface area contributed by atoms with E-state index in [0.29, 0.717) is 13.0 Å². The van der Waals surface area contributed by atoms with Crippen molar-refractivity contribution in [1.29, 1.82) is 0 Å². The van der Waals surface area contributed by atoms with Gasteiger partial charge in [-0.25, -0.2) is 4.98 Å². The molecule has 0 unspecified atom stereocenters. The van der Waals surface area contributed by atoms with Gasteiger partial charge in [0.1, 0.15) is 24.2 Å². The topological polar surface area (TPSA) is 56.2 Å². The molecule has 3 aromatic rings. The number of fused-ring (bicyclic) bond motifs is 1. The molecule has 1 amide bonds.